The van der Waals surface area contributed by atoms with Crippen molar-refractivity contribution in [2.45, 2.75) is 38.7 Å². The molecule has 2 aromatic rings. The molecule has 0 bridgehead atoms. The van der Waals surface area contributed by atoms with Gasteiger partial charge in [0.15, 0.2) is 11.5 Å². The van der Waals surface area contributed by atoms with E-state index in [1.807, 2.05) is 0 Å². The van der Waals surface area contributed by atoms with E-state index in [4.69, 9.17) is 18.9 Å². The van der Waals surface area contributed by atoms with Crippen LogP contribution in [0, 0.1) is 22.0 Å². The van der Waals surface area contributed by atoms with E-state index in [2.05, 4.69) is 10.5 Å². The van der Waals surface area contributed by atoms with Crippen LogP contribution in [-0.2, 0) is 19.1 Å². The average molecular weight is 528 g/mol. The Hall–Kier alpha value is -4.19. The van der Waals surface area contributed by atoms with Crippen LogP contribution in [0.4, 0.5) is 11.4 Å². The van der Waals surface area contributed by atoms with Crippen LogP contribution >= 0.6 is 0 Å². The molecule has 12 heteroatoms. The topological polar surface area (TPSA) is 159 Å². The predicted octanol–water partition coefficient (Wildman–Crippen LogP) is 3.39. The van der Waals surface area contributed by atoms with E-state index in [9.17, 15) is 24.8 Å². The molecule has 2 N–H and O–H groups in total. The molecule has 1 heterocycles. The first kappa shape index (κ1) is 26.9. The van der Waals surface area contributed by atoms with Gasteiger partial charge in [-0.15, -0.1) is 0 Å². The third kappa shape index (κ3) is 5.40. The van der Waals surface area contributed by atoms with Crippen LogP contribution in [0.2, 0.25) is 0 Å². The summed E-state index contributed by atoms with van der Waals surface area (Å²) in [5.41, 5.74) is 2.29. The van der Waals surface area contributed by atoms with Crippen LogP contribution < -0.4 is 14.9 Å². The van der Waals surface area contributed by atoms with Gasteiger partial charge in [0, 0.05) is 24.5 Å². The van der Waals surface area contributed by atoms with Gasteiger partial charge in [-0.05, 0) is 50.6 Å². The number of anilines is 1. The summed E-state index contributed by atoms with van der Waals surface area (Å²) in [5.74, 6) is -3.42. The van der Waals surface area contributed by atoms with Crippen molar-refractivity contribution >= 4 is 29.0 Å². The number of ether oxygens (including phenoxy) is 4. The maximum Gasteiger partial charge on any atom is 0.315 e. The Morgan fingerprint density at radius 3 is 2.42 bits per heavy atom. The summed E-state index contributed by atoms with van der Waals surface area (Å²) in [6, 6.07) is 10.6. The van der Waals surface area contributed by atoms with E-state index in [1.165, 1.54) is 31.2 Å². The molecule has 1 aliphatic carbocycles. The van der Waals surface area contributed by atoms with Crippen LogP contribution in [0.1, 0.15) is 38.7 Å². The first-order valence-corrected chi connectivity index (χ1v) is 12.2. The highest BCUT2D eigenvalue weighted by molar-refractivity contribution is 6.06. The zero-order valence-electron chi connectivity index (χ0n) is 21.2. The lowest BCUT2D eigenvalue weighted by atomic mass is 9.61. The van der Waals surface area contributed by atoms with Gasteiger partial charge < -0.3 is 24.1 Å². The Labute approximate surface area is 218 Å². The highest BCUT2D eigenvalue weighted by Gasteiger charge is 2.56. The third-order valence-corrected chi connectivity index (χ3v) is 6.56. The molecule has 2 aliphatic rings. The summed E-state index contributed by atoms with van der Waals surface area (Å²) < 4.78 is 21.6. The van der Waals surface area contributed by atoms with Crippen LogP contribution in [0.5, 0.6) is 11.5 Å². The number of aliphatic hydroxyl groups is 1. The van der Waals surface area contributed by atoms with Crippen LogP contribution in [0.25, 0.3) is 0 Å². The highest BCUT2D eigenvalue weighted by atomic mass is 16.7. The molecule has 1 fully saturated rings. The number of hydrazone groups is 1. The lowest BCUT2D eigenvalue weighted by Crippen LogP contribution is -2.55. The number of non-ortho nitro benzene ring substituents is 1. The quantitative estimate of drug-likeness (QED) is 0.296. The number of nitrogens with zero attached hydrogens (tertiary/aromatic N) is 2. The molecule has 0 radical (unpaired) electrons. The first-order valence-electron chi connectivity index (χ1n) is 12.2. The predicted molar refractivity (Wildman–Crippen MR) is 135 cm³/mol. The summed E-state index contributed by atoms with van der Waals surface area (Å²) in [6.07, 6.45) is -0.138. The van der Waals surface area contributed by atoms with Crippen molar-refractivity contribution in [1.29, 1.82) is 0 Å². The molecule has 202 valence electrons. The van der Waals surface area contributed by atoms with Crippen molar-refractivity contribution in [3.8, 4) is 11.5 Å². The molecule has 0 aromatic heterocycles. The largest absolute Gasteiger partial charge is 0.466 e. The lowest BCUT2D eigenvalue weighted by Gasteiger charge is -2.45. The van der Waals surface area contributed by atoms with Crippen molar-refractivity contribution in [2.24, 2.45) is 16.9 Å². The van der Waals surface area contributed by atoms with Crippen molar-refractivity contribution in [3.63, 3.8) is 0 Å². The first-order chi connectivity index (χ1) is 18.2. The van der Waals surface area contributed by atoms with Gasteiger partial charge in [0.1, 0.15) is 5.92 Å². The van der Waals surface area contributed by atoms with Crippen molar-refractivity contribution < 1.29 is 38.6 Å². The van der Waals surface area contributed by atoms with E-state index in [-0.39, 0.29) is 37.8 Å². The molecule has 1 aliphatic heterocycles. The monoisotopic (exact) mass is 527 g/mol. The van der Waals surface area contributed by atoms with Crippen molar-refractivity contribution in [2.75, 3.05) is 25.4 Å². The second-order valence-corrected chi connectivity index (χ2v) is 9.15. The molecule has 4 rings (SSSR count). The van der Waals surface area contributed by atoms with Crippen molar-refractivity contribution in [1.82, 2.24) is 0 Å². The summed E-state index contributed by atoms with van der Waals surface area (Å²) in [6.45, 7) is 5.04. The van der Waals surface area contributed by atoms with Crippen LogP contribution in [0.15, 0.2) is 47.6 Å². The van der Waals surface area contributed by atoms with Gasteiger partial charge in [-0.25, -0.2) is 0 Å². The molecule has 2 aromatic carbocycles. The summed E-state index contributed by atoms with van der Waals surface area (Å²) >= 11 is 0. The summed E-state index contributed by atoms with van der Waals surface area (Å²) in [5, 5.41) is 26.9. The fourth-order valence-electron chi connectivity index (χ4n) is 4.93. The average Bonchev–Trinajstić information content (AvgIpc) is 3.35. The maximum atomic E-state index is 13.4. The molecule has 1 saturated carbocycles. The van der Waals surface area contributed by atoms with Gasteiger partial charge in [0.05, 0.1) is 41.1 Å². The fraction of sp³-hybridized carbons (Fsp3) is 0.423. The Kier molecular flexibility index (Phi) is 7.81. The van der Waals surface area contributed by atoms with Gasteiger partial charge >= 0.3 is 11.9 Å². The van der Waals surface area contributed by atoms with E-state index < -0.39 is 40.2 Å². The molecule has 0 spiro atoms. The van der Waals surface area contributed by atoms with E-state index >= 15 is 0 Å². The smallest absolute Gasteiger partial charge is 0.315 e. The van der Waals surface area contributed by atoms with E-state index in [1.54, 1.807) is 32.0 Å². The molecule has 12 nitrogen and oxygen atoms in total. The zero-order valence-corrected chi connectivity index (χ0v) is 21.2. The van der Waals surface area contributed by atoms with Gasteiger partial charge in [-0.1, -0.05) is 6.07 Å². The molecule has 38 heavy (non-hydrogen) atoms. The number of carbonyl (C=O) groups is 2. The highest BCUT2D eigenvalue weighted by Crippen LogP contribution is 2.49. The number of fused-ring (bicyclic) bond motifs is 1. The van der Waals surface area contributed by atoms with Crippen LogP contribution in [0.3, 0.4) is 0 Å². The summed E-state index contributed by atoms with van der Waals surface area (Å²) in [4.78, 5) is 37.1. The van der Waals surface area contributed by atoms with Gasteiger partial charge in [-0.2, -0.15) is 5.10 Å². The number of carbonyl (C=O) groups excluding carboxylic acids is 2. The van der Waals surface area contributed by atoms with Gasteiger partial charge in [-0.3, -0.25) is 25.1 Å². The molecule has 4 unspecified atom stereocenters. The van der Waals surface area contributed by atoms with E-state index in [0.29, 0.717) is 22.7 Å². The second kappa shape index (κ2) is 11.1. The Morgan fingerprint density at radius 1 is 1.11 bits per heavy atom. The molecule has 0 amide bonds. The molecular weight excluding hydrogens is 498 g/mol. The minimum Gasteiger partial charge on any atom is -0.466 e. The second-order valence-electron chi connectivity index (χ2n) is 9.15. The normalized spacial score (nSPS) is 25.1. The Bertz CT molecular complexity index is 1240. The number of rotatable bonds is 8. The molecule has 4 atom stereocenters. The number of benzene rings is 2. The maximum absolute atomic E-state index is 13.4. The van der Waals surface area contributed by atoms with E-state index in [0.717, 1.165) is 0 Å². The number of hydrogen-bond donors (Lipinski definition) is 2. The van der Waals surface area contributed by atoms with Crippen molar-refractivity contribution in [3.05, 3.63) is 58.1 Å². The minimum atomic E-state index is -1.65. The number of nitro groups is 1. The Morgan fingerprint density at radius 2 is 1.76 bits per heavy atom. The van der Waals surface area contributed by atoms with Gasteiger partial charge in [0.2, 0.25) is 6.79 Å². The number of esters is 2. The SMILES string of the molecule is CCOC(=O)C1C(=NNc2ccc([N+](=O)[O-])cc2)CC(C)(O)C(C(=O)OCC)C1c1ccc2c(c1)OCO2. The summed E-state index contributed by atoms with van der Waals surface area (Å²) in [7, 11) is 0. The lowest BCUT2D eigenvalue weighted by molar-refractivity contribution is -0.384. The Balaban J connectivity index is 1.80. The molecular formula is C26H29N3O9. The number of hydrogen-bond acceptors (Lipinski definition) is 11. The van der Waals surface area contributed by atoms with Crippen LogP contribution in [-0.4, -0.2) is 53.3 Å². The zero-order chi connectivity index (χ0) is 27.4. The number of nitro benzene ring substituents is 1. The number of nitrogens with one attached hydrogen (secondary N) is 1. The molecule has 0 saturated heterocycles. The third-order valence-electron chi connectivity index (χ3n) is 6.56. The fourth-order valence-corrected chi connectivity index (χ4v) is 4.93. The standard InChI is InChI=1S/C26H29N3O9/c1-4-35-24(30)22-18(28-27-16-7-9-17(10-8-16)29(33)34)13-26(3,32)23(25(31)36-5-2)21(22)15-6-11-19-20(12-15)38-14-37-19/h6-12,21-23,27,32H,4-5,13-14H2,1-3H3. The van der Waals surface area contributed by atoms with Gasteiger partial charge in [0.25, 0.3) is 5.69 Å². The minimum absolute atomic E-state index is 0.0373.